The fourth-order valence-electron chi connectivity index (χ4n) is 2.21. The van der Waals surface area contributed by atoms with Gasteiger partial charge in [-0.05, 0) is 19.9 Å². The maximum Gasteiger partial charge on any atom is 0.122 e. The van der Waals surface area contributed by atoms with E-state index in [9.17, 15) is 5.11 Å². The summed E-state index contributed by atoms with van der Waals surface area (Å²) < 4.78 is 5.40. The van der Waals surface area contributed by atoms with E-state index in [0.717, 1.165) is 31.0 Å². The van der Waals surface area contributed by atoms with Crippen LogP contribution in [0.25, 0.3) is 0 Å². The number of anilines is 1. The highest BCUT2D eigenvalue weighted by Crippen LogP contribution is 2.29. The molecule has 1 heterocycles. The molecule has 0 bridgehead atoms. The summed E-state index contributed by atoms with van der Waals surface area (Å²) in [6, 6.07) is 5.90. The molecule has 2 unspecified atom stereocenters. The summed E-state index contributed by atoms with van der Waals surface area (Å²) >= 11 is 0. The highest BCUT2D eigenvalue weighted by molar-refractivity contribution is 5.54. The van der Waals surface area contributed by atoms with E-state index in [1.165, 1.54) is 0 Å². The molecule has 0 saturated carbocycles. The third kappa shape index (κ3) is 2.53. The number of nitrogens with two attached hydrogens (primary N) is 1. The Balaban J connectivity index is 2.24. The average molecular weight is 236 g/mol. The van der Waals surface area contributed by atoms with Crippen molar-refractivity contribution in [2.24, 2.45) is 5.73 Å². The molecule has 94 valence electrons. The number of ether oxygens (including phenoxy) is 1. The number of rotatable bonds is 2. The first kappa shape index (κ1) is 12.2. The summed E-state index contributed by atoms with van der Waals surface area (Å²) in [5, 5.41) is 9.94. The molecule has 1 aromatic carbocycles. The van der Waals surface area contributed by atoms with Crippen LogP contribution >= 0.6 is 0 Å². The SMILES string of the molecule is CC(N)c1ccc(N2CCOCC2C)cc1O. The van der Waals surface area contributed by atoms with Gasteiger partial charge >= 0.3 is 0 Å². The minimum atomic E-state index is -0.147. The molecule has 1 aliphatic heterocycles. The van der Waals surface area contributed by atoms with Gasteiger partial charge in [-0.25, -0.2) is 0 Å². The van der Waals surface area contributed by atoms with E-state index in [-0.39, 0.29) is 11.8 Å². The van der Waals surface area contributed by atoms with Gasteiger partial charge < -0.3 is 20.5 Å². The predicted molar refractivity (Wildman–Crippen MR) is 68.3 cm³/mol. The number of morpholine rings is 1. The van der Waals surface area contributed by atoms with Crippen LogP contribution in [0.5, 0.6) is 5.75 Å². The van der Waals surface area contributed by atoms with E-state index in [2.05, 4.69) is 11.8 Å². The Hall–Kier alpha value is -1.26. The van der Waals surface area contributed by atoms with Crippen LogP contribution in [0.15, 0.2) is 18.2 Å². The van der Waals surface area contributed by atoms with Gasteiger partial charge in [0.05, 0.1) is 13.2 Å². The molecule has 1 saturated heterocycles. The Kier molecular flexibility index (Phi) is 3.54. The van der Waals surface area contributed by atoms with Crippen molar-refractivity contribution in [3.8, 4) is 5.75 Å². The molecule has 1 aromatic rings. The number of benzene rings is 1. The van der Waals surface area contributed by atoms with Crippen molar-refractivity contribution in [1.82, 2.24) is 0 Å². The van der Waals surface area contributed by atoms with E-state index in [1.807, 2.05) is 19.1 Å². The number of hydrogen-bond donors (Lipinski definition) is 2. The predicted octanol–water partition coefficient (Wildman–Crippen LogP) is 1.64. The molecule has 0 radical (unpaired) electrons. The molecule has 0 aliphatic carbocycles. The number of aromatic hydroxyl groups is 1. The summed E-state index contributed by atoms with van der Waals surface area (Å²) in [6.07, 6.45) is 0. The van der Waals surface area contributed by atoms with E-state index in [4.69, 9.17) is 10.5 Å². The molecule has 0 spiro atoms. The van der Waals surface area contributed by atoms with Gasteiger partial charge in [-0.2, -0.15) is 0 Å². The van der Waals surface area contributed by atoms with E-state index in [1.54, 1.807) is 6.07 Å². The standard InChI is InChI=1S/C13H20N2O2/c1-9-8-17-6-5-15(9)11-3-4-12(10(2)14)13(16)7-11/h3-4,7,9-10,16H,5-6,8,14H2,1-2H3. The molecule has 2 atom stereocenters. The van der Waals surface area contributed by atoms with Gasteiger partial charge in [0.25, 0.3) is 0 Å². The first-order chi connectivity index (χ1) is 8.09. The molecular formula is C13H20N2O2. The van der Waals surface area contributed by atoms with Gasteiger partial charge in [-0.15, -0.1) is 0 Å². The van der Waals surface area contributed by atoms with Gasteiger partial charge in [-0.3, -0.25) is 0 Å². The summed E-state index contributed by atoms with van der Waals surface area (Å²) in [5.41, 5.74) is 7.59. The van der Waals surface area contributed by atoms with Crippen molar-refractivity contribution in [2.75, 3.05) is 24.7 Å². The van der Waals surface area contributed by atoms with E-state index >= 15 is 0 Å². The third-order valence-electron chi connectivity index (χ3n) is 3.20. The molecule has 4 heteroatoms. The molecule has 0 amide bonds. The maximum absolute atomic E-state index is 9.94. The van der Waals surface area contributed by atoms with Crippen molar-refractivity contribution in [2.45, 2.75) is 25.9 Å². The molecular weight excluding hydrogens is 216 g/mol. The molecule has 2 rings (SSSR count). The summed E-state index contributed by atoms with van der Waals surface area (Å²) in [7, 11) is 0. The zero-order valence-corrected chi connectivity index (χ0v) is 10.4. The second kappa shape index (κ2) is 4.94. The van der Waals surface area contributed by atoms with Crippen LogP contribution in [0.4, 0.5) is 5.69 Å². The van der Waals surface area contributed by atoms with Crippen LogP contribution in [-0.2, 0) is 4.74 Å². The van der Waals surface area contributed by atoms with Crippen molar-refractivity contribution in [3.63, 3.8) is 0 Å². The van der Waals surface area contributed by atoms with Crippen molar-refractivity contribution >= 4 is 5.69 Å². The van der Waals surface area contributed by atoms with Crippen LogP contribution in [0.2, 0.25) is 0 Å². The van der Waals surface area contributed by atoms with Crippen LogP contribution < -0.4 is 10.6 Å². The van der Waals surface area contributed by atoms with E-state index in [0.29, 0.717) is 6.04 Å². The lowest BCUT2D eigenvalue weighted by Crippen LogP contribution is -2.43. The molecule has 17 heavy (non-hydrogen) atoms. The smallest absolute Gasteiger partial charge is 0.122 e. The first-order valence-electron chi connectivity index (χ1n) is 6.02. The minimum absolute atomic E-state index is 0.147. The van der Waals surface area contributed by atoms with Crippen LogP contribution in [0, 0.1) is 0 Å². The Labute approximate surface area is 102 Å². The Morgan fingerprint density at radius 2 is 2.29 bits per heavy atom. The van der Waals surface area contributed by atoms with Crippen molar-refractivity contribution < 1.29 is 9.84 Å². The minimum Gasteiger partial charge on any atom is -0.508 e. The molecule has 0 aromatic heterocycles. The summed E-state index contributed by atoms with van der Waals surface area (Å²) in [5.74, 6) is 0.274. The summed E-state index contributed by atoms with van der Waals surface area (Å²) in [6.45, 7) is 6.32. The Bertz CT molecular complexity index is 393. The van der Waals surface area contributed by atoms with Gasteiger partial charge in [-0.1, -0.05) is 6.07 Å². The summed E-state index contributed by atoms with van der Waals surface area (Å²) in [4.78, 5) is 2.24. The monoisotopic (exact) mass is 236 g/mol. The Morgan fingerprint density at radius 3 is 2.88 bits per heavy atom. The second-order valence-electron chi connectivity index (χ2n) is 4.65. The quantitative estimate of drug-likeness (QED) is 0.819. The zero-order valence-electron chi connectivity index (χ0n) is 10.4. The highest BCUT2D eigenvalue weighted by Gasteiger charge is 2.20. The fraction of sp³-hybridized carbons (Fsp3) is 0.538. The van der Waals surface area contributed by atoms with Gasteiger partial charge in [0.15, 0.2) is 0 Å². The average Bonchev–Trinajstić information content (AvgIpc) is 2.29. The van der Waals surface area contributed by atoms with Gasteiger partial charge in [0, 0.05) is 35.9 Å². The number of phenolic OH excluding ortho intramolecular Hbond substituents is 1. The third-order valence-corrected chi connectivity index (χ3v) is 3.20. The fourth-order valence-corrected chi connectivity index (χ4v) is 2.21. The van der Waals surface area contributed by atoms with Gasteiger partial charge in [0.1, 0.15) is 5.75 Å². The topological polar surface area (TPSA) is 58.7 Å². The molecule has 4 nitrogen and oxygen atoms in total. The Morgan fingerprint density at radius 1 is 1.53 bits per heavy atom. The lowest BCUT2D eigenvalue weighted by Gasteiger charge is -2.35. The lowest BCUT2D eigenvalue weighted by atomic mass is 10.1. The lowest BCUT2D eigenvalue weighted by molar-refractivity contribution is 0.0989. The number of hydrogen-bond acceptors (Lipinski definition) is 4. The highest BCUT2D eigenvalue weighted by atomic mass is 16.5. The van der Waals surface area contributed by atoms with Crippen molar-refractivity contribution in [1.29, 1.82) is 0 Å². The van der Waals surface area contributed by atoms with Crippen molar-refractivity contribution in [3.05, 3.63) is 23.8 Å². The largest absolute Gasteiger partial charge is 0.508 e. The van der Waals surface area contributed by atoms with Crippen LogP contribution in [-0.4, -0.2) is 30.9 Å². The zero-order chi connectivity index (χ0) is 12.4. The molecule has 1 aliphatic rings. The van der Waals surface area contributed by atoms with Crippen LogP contribution in [0.3, 0.4) is 0 Å². The van der Waals surface area contributed by atoms with E-state index < -0.39 is 0 Å². The normalized spacial score (nSPS) is 22.5. The van der Waals surface area contributed by atoms with Gasteiger partial charge in [0.2, 0.25) is 0 Å². The first-order valence-corrected chi connectivity index (χ1v) is 6.02. The number of nitrogens with zero attached hydrogens (tertiary/aromatic N) is 1. The second-order valence-corrected chi connectivity index (χ2v) is 4.65. The molecule has 3 N–H and O–H groups in total. The maximum atomic E-state index is 9.94. The molecule has 1 fully saturated rings. The number of phenols is 1. The van der Waals surface area contributed by atoms with Crippen LogP contribution in [0.1, 0.15) is 25.5 Å².